The van der Waals surface area contributed by atoms with Gasteiger partial charge in [-0.05, 0) is 25.1 Å². The average Bonchev–Trinajstić information content (AvgIpc) is 2.50. The van der Waals surface area contributed by atoms with E-state index in [4.69, 9.17) is 5.11 Å². The molecule has 2 N–H and O–H groups in total. The minimum Gasteiger partial charge on any atom is -0.396 e. The lowest BCUT2D eigenvalue weighted by atomic mass is 9.81. The third kappa shape index (κ3) is 5.23. The molecule has 20 heavy (non-hydrogen) atoms. The fourth-order valence-corrected chi connectivity index (χ4v) is 2.63. The molecule has 3 heteroatoms. The van der Waals surface area contributed by atoms with Gasteiger partial charge in [0.05, 0.1) is 0 Å². The maximum Gasteiger partial charge on any atom is 0.0443 e. The molecule has 0 aliphatic heterocycles. The first-order valence-corrected chi connectivity index (χ1v) is 7.75. The van der Waals surface area contributed by atoms with E-state index >= 15 is 0 Å². The zero-order valence-electron chi connectivity index (χ0n) is 13.2. The summed E-state index contributed by atoms with van der Waals surface area (Å²) in [4.78, 5) is 2.43. The molecule has 114 valence electrons. The monoisotopic (exact) mass is 278 g/mol. The fraction of sp³-hybridized carbons (Fsp3) is 0.647. The van der Waals surface area contributed by atoms with Crippen molar-refractivity contribution in [2.24, 2.45) is 0 Å². The van der Waals surface area contributed by atoms with E-state index in [9.17, 15) is 0 Å². The van der Waals surface area contributed by atoms with E-state index < -0.39 is 0 Å². The van der Waals surface area contributed by atoms with Gasteiger partial charge < -0.3 is 15.3 Å². The Morgan fingerprint density at radius 3 is 2.45 bits per heavy atom. The van der Waals surface area contributed by atoms with Gasteiger partial charge in [-0.1, -0.05) is 51.1 Å². The molecule has 0 bridgehead atoms. The Balaban J connectivity index is 2.82. The maximum atomic E-state index is 9.03. The standard InChI is InChI=1S/C17H30N2O/c1-4-18-14-17(3,16-10-7-6-8-11-16)15-19(5-2)12-9-13-20/h6-8,10-11,18,20H,4-5,9,12-15H2,1-3H3. The van der Waals surface area contributed by atoms with Crippen LogP contribution in [-0.4, -0.2) is 49.3 Å². The lowest BCUT2D eigenvalue weighted by Crippen LogP contribution is -2.45. The van der Waals surface area contributed by atoms with E-state index in [1.807, 2.05) is 0 Å². The van der Waals surface area contributed by atoms with E-state index in [0.29, 0.717) is 0 Å². The Morgan fingerprint density at radius 2 is 1.90 bits per heavy atom. The van der Waals surface area contributed by atoms with Gasteiger partial charge in [-0.25, -0.2) is 0 Å². The molecule has 0 spiro atoms. The summed E-state index contributed by atoms with van der Waals surface area (Å²) in [5.41, 5.74) is 1.48. The molecule has 1 aromatic carbocycles. The van der Waals surface area contributed by atoms with Gasteiger partial charge in [0.15, 0.2) is 0 Å². The van der Waals surface area contributed by atoms with Crippen molar-refractivity contribution in [2.75, 3.05) is 39.3 Å². The maximum absolute atomic E-state index is 9.03. The van der Waals surface area contributed by atoms with Crippen LogP contribution in [0.15, 0.2) is 30.3 Å². The number of likely N-dealkylation sites (N-methyl/N-ethyl adjacent to an activating group) is 2. The largest absolute Gasteiger partial charge is 0.396 e. The Hall–Kier alpha value is -0.900. The molecule has 0 saturated carbocycles. The summed E-state index contributed by atoms with van der Waals surface area (Å²) in [5.74, 6) is 0. The highest BCUT2D eigenvalue weighted by Crippen LogP contribution is 2.24. The van der Waals surface area contributed by atoms with Crippen LogP contribution in [0.4, 0.5) is 0 Å². The predicted octanol–water partition coefficient (Wildman–Crippen LogP) is 2.26. The van der Waals surface area contributed by atoms with Gasteiger partial charge >= 0.3 is 0 Å². The second kappa shape index (κ2) is 9.11. The fourth-order valence-electron chi connectivity index (χ4n) is 2.63. The van der Waals surface area contributed by atoms with Crippen LogP contribution >= 0.6 is 0 Å². The normalized spacial score (nSPS) is 14.4. The highest BCUT2D eigenvalue weighted by molar-refractivity contribution is 5.25. The number of nitrogens with zero attached hydrogens (tertiary/aromatic N) is 1. The molecule has 1 unspecified atom stereocenters. The molecule has 0 saturated heterocycles. The highest BCUT2D eigenvalue weighted by Gasteiger charge is 2.28. The number of rotatable bonds is 10. The highest BCUT2D eigenvalue weighted by atomic mass is 16.3. The van der Waals surface area contributed by atoms with Crippen molar-refractivity contribution in [3.8, 4) is 0 Å². The lowest BCUT2D eigenvalue weighted by Gasteiger charge is -2.36. The Morgan fingerprint density at radius 1 is 1.20 bits per heavy atom. The predicted molar refractivity (Wildman–Crippen MR) is 86.2 cm³/mol. The number of nitrogens with one attached hydrogen (secondary N) is 1. The molecule has 0 radical (unpaired) electrons. The van der Waals surface area contributed by atoms with Crippen molar-refractivity contribution >= 4 is 0 Å². The van der Waals surface area contributed by atoms with Crippen LogP contribution in [0, 0.1) is 0 Å². The van der Waals surface area contributed by atoms with E-state index in [0.717, 1.165) is 39.1 Å². The smallest absolute Gasteiger partial charge is 0.0443 e. The molecule has 0 aromatic heterocycles. The molecule has 0 heterocycles. The summed E-state index contributed by atoms with van der Waals surface area (Å²) in [6, 6.07) is 10.7. The van der Waals surface area contributed by atoms with Crippen LogP contribution in [0.3, 0.4) is 0 Å². The topological polar surface area (TPSA) is 35.5 Å². The van der Waals surface area contributed by atoms with Crippen LogP contribution in [0.5, 0.6) is 0 Å². The first kappa shape index (κ1) is 17.2. The number of hydrogen-bond donors (Lipinski definition) is 2. The summed E-state index contributed by atoms with van der Waals surface area (Å²) in [6.45, 7) is 11.9. The molecular formula is C17H30N2O. The van der Waals surface area contributed by atoms with Crippen molar-refractivity contribution in [2.45, 2.75) is 32.6 Å². The summed E-state index contributed by atoms with van der Waals surface area (Å²) in [6.07, 6.45) is 0.847. The van der Waals surface area contributed by atoms with Crippen molar-refractivity contribution in [3.05, 3.63) is 35.9 Å². The second-order valence-electron chi connectivity index (χ2n) is 5.65. The quantitative estimate of drug-likeness (QED) is 0.689. The summed E-state index contributed by atoms with van der Waals surface area (Å²) >= 11 is 0. The lowest BCUT2D eigenvalue weighted by molar-refractivity contribution is 0.194. The van der Waals surface area contributed by atoms with Crippen molar-refractivity contribution < 1.29 is 5.11 Å². The molecular weight excluding hydrogens is 248 g/mol. The Labute approximate surface area is 124 Å². The van der Waals surface area contributed by atoms with Gasteiger partial charge in [0.2, 0.25) is 0 Å². The van der Waals surface area contributed by atoms with Crippen LogP contribution in [0.2, 0.25) is 0 Å². The van der Waals surface area contributed by atoms with E-state index in [1.54, 1.807) is 0 Å². The van der Waals surface area contributed by atoms with Crippen molar-refractivity contribution in [3.63, 3.8) is 0 Å². The molecule has 1 atom stereocenters. The first-order chi connectivity index (χ1) is 9.66. The summed E-state index contributed by atoms with van der Waals surface area (Å²) < 4.78 is 0. The molecule has 0 aliphatic carbocycles. The molecule has 0 amide bonds. The third-order valence-electron chi connectivity index (χ3n) is 3.89. The van der Waals surface area contributed by atoms with Gasteiger partial charge in [0.25, 0.3) is 0 Å². The van der Waals surface area contributed by atoms with E-state index in [1.165, 1.54) is 5.56 Å². The minimum atomic E-state index is 0.0999. The van der Waals surface area contributed by atoms with Gasteiger partial charge in [0, 0.05) is 31.7 Å². The first-order valence-electron chi connectivity index (χ1n) is 7.75. The Kier molecular flexibility index (Phi) is 7.82. The molecule has 0 aliphatic rings. The summed E-state index contributed by atoms with van der Waals surface area (Å²) in [5, 5.41) is 12.5. The average molecular weight is 278 g/mol. The van der Waals surface area contributed by atoms with Crippen LogP contribution in [0.25, 0.3) is 0 Å². The van der Waals surface area contributed by atoms with Gasteiger partial charge in [0.1, 0.15) is 0 Å². The van der Waals surface area contributed by atoms with Gasteiger partial charge in [-0.15, -0.1) is 0 Å². The van der Waals surface area contributed by atoms with Crippen LogP contribution in [0.1, 0.15) is 32.8 Å². The number of aliphatic hydroxyl groups is 1. The molecule has 3 nitrogen and oxygen atoms in total. The zero-order chi connectivity index (χ0) is 14.8. The molecule has 1 aromatic rings. The second-order valence-corrected chi connectivity index (χ2v) is 5.65. The zero-order valence-corrected chi connectivity index (χ0v) is 13.2. The van der Waals surface area contributed by atoms with Gasteiger partial charge in [-0.3, -0.25) is 0 Å². The SMILES string of the molecule is CCNCC(C)(CN(CC)CCCO)c1ccccc1. The number of aliphatic hydroxyl groups excluding tert-OH is 1. The molecule has 0 fully saturated rings. The number of benzene rings is 1. The molecule has 1 rings (SSSR count). The third-order valence-corrected chi connectivity index (χ3v) is 3.89. The van der Waals surface area contributed by atoms with Crippen molar-refractivity contribution in [1.29, 1.82) is 0 Å². The minimum absolute atomic E-state index is 0.0999. The van der Waals surface area contributed by atoms with E-state index in [2.05, 4.69) is 61.3 Å². The van der Waals surface area contributed by atoms with Crippen LogP contribution < -0.4 is 5.32 Å². The van der Waals surface area contributed by atoms with Crippen molar-refractivity contribution in [1.82, 2.24) is 10.2 Å². The number of hydrogen-bond acceptors (Lipinski definition) is 3. The summed E-state index contributed by atoms with van der Waals surface area (Å²) in [7, 11) is 0. The van der Waals surface area contributed by atoms with Gasteiger partial charge in [-0.2, -0.15) is 0 Å². The Bertz CT molecular complexity index is 355. The van der Waals surface area contributed by atoms with E-state index in [-0.39, 0.29) is 12.0 Å². The van der Waals surface area contributed by atoms with Crippen LogP contribution in [-0.2, 0) is 5.41 Å².